The van der Waals surface area contributed by atoms with Gasteiger partial charge in [0.2, 0.25) is 0 Å². The van der Waals surface area contributed by atoms with Gasteiger partial charge in [0.25, 0.3) is 0 Å². The first-order valence-electron chi connectivity index (χ1n) is 5.98. The largest absolute Gasteiger partial charge is 0.198 e. The highest BCUT2D eigenvalue weighted by Crippen LogP contribution is 2.15. The Morgan fingerprint density at radius 2 is 1.59 bits per heavy atom. The van der Waals surface area contributed by atoms with Gasteiger partial charge in [-0.15, -0.1) is 0 Å². The number of nitrogens with zero attached hydrogens (tertiary/aromatic N) is 1. The maximum Gasteiger partial charge on any atom is 0.0669 e. The third-order valence-electron chi connectivity index (χ3n) is 2.10. The van der Waals surface area contributed by atoms with E-state index in [-0.39, 0.29) is 0 Å². The first kappa shape index (κ1) is 13.3. The van der Waals surface area contributed by atoms with Gasteiger partial charge in [0, 0.05) is 0 Å². The van der Waals surface area contributed by atoms with Crippen molar-refractivity contribution in [3.8, 4) is 6.07 Å². The second kappa shape index (κ2) is 6.70. The minimum absolute atomic E-state index is 0.491. The Kier molecular flexibility index (Phi) is 5.23. The lowest BCUT2D eigenvalue weighted by atomic mass is 10.1. The normalized spacial score (nSPS) is 9.59. The maximum atomic E-state index is 8.54. The zero-order valence-corrected chi connectivity index (χ0v) is 10.8. The number of hydrogen-bond acceptors (Lipinski definition) is 1. The molecule has 0 amide bonds. The second-order valence-electron chi connectivity index (χ2n) is 4.75. The van der Waals surface area contributed by atoms with Crippen molar-refractivity contribution in [2.45, 2.75) is 27.2 Å². The molecule has 1 heteroatoms. The Morgan fingerprint density at radius 1 is 1.00 bits per heavy atom. The molecule has 0 aromatic heterocycles. The van der Waals surface area contributed by atoms with E-state index in [1.54, 1.807) is 0 Å². The Bertz CT molecular complexity index is 503. The zero-order chi connectivity index (χ0) is 12.7. The molecule has 0 unspecified atom stereocenters. The van der Waals surface area contributed by atoms with Crippen molar-refractivity contribution in [3.63, 3.8) is 0 Å². The summed E-state index contributed by atoms with van der Waals surface area (Å²) in [7, 11) is 0. The van der Waals surface area contributed by atoms with Crippen LogP contribution in [0.15, 0.2) is 42.5 Å². The standard InChI is InChI=1S/C12H9N.C4H10/c13-8-7-10-5-6-11-3-1-2-4-12(11)9-10;1-4(2)3/h1-6,9H,7H2;4H,1-3H3. The molecule has 0 aliphatic rings. The van der Waals surface area contributed by atoms with Gasteiger partial charge >= 0.3 is 0 Å². The first-order valence-corrected chi connectivity index (χ1v) is 5.98. The van der Waals surface area contributed by atoms with Crippen molar-refractivity contribution in [3.05, 3.63) is 48.0 Å². The van der Waals surface area contributed by atoms with Crippen molar-refractivity contribution in [2.75, 3.05) is 0 Å². The van der Waals surface area contributed by atoms with E-state index < -0.39 is 0 Å². The average Bonchev–Trinajstić information content (AvgIpc) is 2.29. The average molecular weight is 225 g/mol. The van der Waals surface area contributed by atoms with Crippen molar-refractivity contribution < 1.29 is 0 Å². The lowest BCUT2D eigenvalue weighted by Gasteiger charge is -1.98. The van der Waals surface area contributed by atoms with Gasteiger partial charge in [-0.25, -0.2) is 0 Å². The fraction of sp³-hybridized carbons (Fsp3) is 0.312. The summed E-state index contributed by atoms with van der Waals surface area (Å²) in [6, 6.07) is 16.5. The molecule has 0 bridgehead atoms. The molecular formula is C16H19N. The van der Waals surface area contributed by atoms with Crippen molar-refractivity contribution in [1.82, 2.24) is 0 Å². The van der Waals surface area contributed by atoms with Crippen LogP contribution in [0.3, 0.4) is 0 Å². The van der Waals surface area contributed by atoms with Gasteiger partial charge in [0.15, 0.2) is 0 Å². The second-order valence-corrected chi connectivity index (χ2v) is 4.75. The van der Waals surface area contributed by atoms with Crippen LogP contribution in [0.5, 0.6) is 0 Å². The molecular weight excluding hydrogens is 206 g/mol. The van der Waals surface area contributed by atoms with Crippen LogP contribution in [0.25, 0.3) is 10.8 Å². The van der Waals surface area contributed by atoms with E-state index in [0.29, 0.717) is 6.42 Å². The Balaban J connectivity index is 0.000000317. The minimum atomic E-state index is 0.491. The highest BCUT2D eigenvalue weighted by Gasteiger charge is 1.94. The summed E-state index contributed by atoms with van der Waals surface area (Å²) in [5, 5.41) is 11.0. The summed E-state index contributed by atoms with van der Waals surface area (Å²) >= 11 is 0. The molecule has 1 nitrogen and oxygen atoms in total. The monoisotopic (exact) mass is 225 g/mol. The van der Waals surface area contributed by atoms with Crippen LogP contribution in [-0.2, 0) is 6.42 Å². The topological polar surface area (TPSA) is 23.8 Å². The number of hydrogen-bond donors (Lipinski definition) is 0. The fourth-order valence-corrected chi connectivity index (χ4v) is 1.44. The summed E-state index contributed by atoms with van der Waals surface area (Å²) in [5.74, 6) is 0.833. The molecule has 0 aliphatic carbocycles. The number of benzene rings is 2. The van der Waals surface area contributed by atoms with Crippen LogP contribution in [0.2, 0.25) is 0 Å². The molecule has 2 rings (SSSR count). The van der Waals surface area contributed by atoms with Crippen LogP contribution in [-0.4, -0.2) is 0 Å². The van der Waals surface area contributed by atoms with Gasteiger partial charge in [-0.05, 0) is 22.3 Å². The van der Waals surface area contributed by atoms with Gasteiger partial charge in [-0.1, -0.05) is 63.2 Å². The summed E-state index contributed by atoms with van der Waals surface area (Å²) in [4.78, 5) is 0. The molecule has 0 radical (unpaired) electrons. The molecule has 0 aliphatic heterocycles. The predicted octanol–water partition coefficient (Wildman–Crippen LogP) is 4.57. The molecule has 0 atom stereocenters. The van der Waals surface area contributed by atoms with Crippen molar-refractivity contribution >= 4 is 10.8 Å². The highest BCUT2D eigenvalue weighted by molar-refractivity contribution is 5.83. The van der Waals surface area contributed by atoms with Gasteiger partial charge in [0.05, 0.1) is 12.5 Å². The minimum Gasteiger partial charge on any atom is -0.198 e. The van der Waals surface area contributed by atoms with E-state index >= 15 is 0 Å². The molecule has 17 heavy (non-hydrogen) atoms. The lowest BCUT2D eigenvalue weighted by Crippen LogP contribution is -1.80. The Morgan fingerprint density at radius 3 is 2.18 bits per heavy atom. The van der Waals surface area contributed by atoms with E-state index in [2.05, 4.69) is 51.1 Å². The van der Waals surface area contributed by atoms with Crippen LogP contribution >= 0.6 is 0 Å². The van der Waals surface area contributed by atoms with Crippen LogP contribution < -0.4 is 0 Å². The SMILES string of the molecule is CC(C)C.N#CCc1ccc2ccccc2c1. The molecule has 2 aromatic rings. The van der Waals surface area contributed by atoms with E-state index in [0.717, 1.165) is 11.5 Å². The van der Waals surface area contributed by atoms with E-state index in [1.807, 2.05) is 18.2 Å². The van der Waals surface area contributed by atoms with Gasteiger partial charge < -0.3 is 0 Å². The Hall–Kier alpha value is -1.81. The van der Waals surface area contributed by atoms with Gasteiger partial charge in [-0.2, -0.15) is 5.26 Å². The number of nitriles is 1. The van der Waals surface area contributed by atoms with Crippen LogP contribution in [0, 0.1) is 17.2 Å². The maximum absolute atomic E-state index is 8.54. The van der Waals surface area contributed by atoms with E-state index in [1.165, 1.54) is 10.8 Å². The number of rotatable bonds is 1. The first-order chi connectivity index (χ1) is 8.13. The molecule has 0 heterocycles. The molecule has 0 saturated carbocycles. The smallest absolute Gasteiger partial charge is 0.0669 e. The quantitative estimate of drug-likeness (QED) is 0.697. The number of fused-ring (bicyclic) bond motifs is 1. The van der Waals surface area contributed by atoms with Crippen LogP contribution in [0.4, 0.5) is 0 Å². The molecule has 2 aromatic carbocycles. The summed E-state index contributed by atoms with van der Waals surface area (Å²) < 4.78 is 0. The van der Waals surface area contributed by atoms with Crippen molar-refractivity contribution in [2.24, 2.45) is 5.92 Å². The predicted molar refractivity (Wildman–Crippen MR) is 73.8 cm³/mol. The van der Waals surface area contributed by atoms with E-state index in [4.69, 9.17) is 5.26 Å². The zero-order valence-electron chi connectivity index (χ0n) is 10.8. The van der Waals surface area contributed by atoms with Crippen molar-refractivity contribution in [1.29, 1.82) is 5.26 Å². The third-order valence-corrected chi connectivity index (χ3v) is 2.10. The van der Waals surface area contributed by atoms with Gasteiger partial charge in [-0.3, -0.25) is 0 Å². The summed E-state index contributed by atoms with van der Waals surface area (Å²) in [6.07, 6.45) is 0.491. The molecule has 0 saturated heterocycles. The van der Waals surface area contributed by atoms with Gasteiger partial charge in [0.1, 0.15) is 0 Å². The summed E-state index contributed by atoms with van der Waals surface area (Å²) in [6.45, 7) is 6.50. The van der Waals surface area contributed by atoms with Crippen LogP contribution in [0.1, 0.15) is 26.3 Å². The summed E-state index contributed by atoms with van der Waals surface area (Å²) in [5.41, 5.74) is 1.08. The molecule has 0 N–H and O–H groups in total. The molecule has 88 valence electrons. The Labute approximate surface area is 104 Å². The lowest BCUT2D eigenvalue weighted by molar-refractivity contribution is 0.737. The third kappa shape index (κ3) is 4.70. The fourth-order valence-electron chi connectivity index (χ4n) is 1.44. The molecule has 0 spiro atoms. The molecule has 0 fully saturated rings. The van der Waals surface area contributed by atoms with E-state index in [9.17, 15) is 0 Å². The highest BCUT2D eigenvalue weighted by atomic mass is 14.2.